The molecule has 0 amide bonds. The highest BCUT2D eigenvalue weighted by atomic mass is 79.9. The van der Waals surface area contributed by atoms with Crippen LogP contribution < -0.4 is 5.32 Å². The Kier molecular flexibility index (Phi) is 6.14. The maximum absolute atomic E-state index is 5.34. The first kappa shape index (κ1) is 13.8. The van der Waals surface area contributed by atoms with Crippen molar-refractivity contribution in [2.75, 3.05) is 6.54 Å². The van der Waals surface area contributed by atoms with Crippen LogP contribution in [0.1, 0.15) is 51.6 Å². The molecule has 92 valence electrons. The van der Waals surface area contributed by atoms with E-state index in [1.54, 1.807) is 6.26 Å². The van der Waals surface area contributed by atoms with Crippen LogP contribution in [0.2, 0.25) is 0 Å². The maximum atomic E-state index is 5.34. The molecule has 0 aromatic carbocycles. The largest absolute Gasteiger partial charge is 0.457 e. The van der Waals surface area contributed by atoms with Gasteiger partial charge in [0.05, 0.1) is 6.26 Å². The molecule has 0 aliphatic heterocycles. The van der Waals surface area contributed by atoms with Crippen molar-refractivity contribution in [2.24, 2.45) is 5.92 Å². The summed E-state index contributed by atoms with van der Waals surface area (Å²) in [6.45, 7) is 7.76. The Bertz CT molecular complexity index is 294. The van der Waals surface area contributed by atoms with Crippen molar-refractivity contribution in [3.8, 4) is 0 Å². The van der Waals surface area contributed by atoms with E-state index in [0.29, 0.717) is 12.0 Å². The molecule has 16 heavy (non-hydrogen) atoms. The normalized spacial score (nSPS) is 13.3. The first-order valence-electron chi connectivity index (χ1n) is 6.20. The Morgan fingerprint density at radius 2 is 2.00 bits per heavy atom. The summed E-state index contributed by atoms with van der Waals surface area (Å²) in [6, 6.07) is 2.47. The fraction of sp³-hybridized carbons (Fsp3) is 0.692. The summed E-state index contributed by atoms with van der Waals surface area (Å²) in [5.41, 5.74) is 1.25. The van der Waals surface area contributed by atoms with E-state index < -0.39 is 0 Å². The second-order valence-electron chi connectivity index (χ2n) is 4.16. The molecule has 1 heterocycles. The van der Waals surface area contributed by atoms with Gasteiger partial charge in [-0.2, -0.15) is 0 Å². The summed E-state index contributed by atoms with van der Waals surface area (Å²) in [5.74, 6) is 0.667. The first-order valence-corrected chi connectivity index (χ1v) is 7.00. The van der Waals surface area contributed by atoms with Crippen molar-refractivity contribution in [1.82, 2.24) is 5.32 Å². The zero-order valence-electron chi connectivity index (χ0n) is 10.4. The summed E-state index contributed by atoms with van der Waals surface area (Å²) in [6.07, 6.45) is 5.29. The summed E-state index contributed by atoms with van der Waals surface area (Å²) < 4.78 is 6.21. The van der Waals surface area contributed by atoms with Crippen LogP contribution in [0.3, 0.4) is 0 Å². The molecule has 1 atom stereocenters. The average Bonchev–Trinajstić information content (AvgIpc) is 2.71. The highest BCUT2D eigenvalue weighted by Crippen LogP contribution is 2.32. The Balaban J connectivity index is 2.82. The van der Waals surface area contributed by atoms with Crippen molar-refractivity contribution in [3.63, 3.8) is 0 Å². The molecule has 0 bridgehead atoms. The van der Waals surface area contributed by atoms with Gasteiger partial charge in [0.1, 0.15) is 0 Å². The van der Waals surface area contributed by atoms with E-state index in [-0.39, 0.29) is 0 Å². The lowest BCUT2D eigenvalue weighted by Gasteiger charge is -2.26. The van der Waals surface area contributed by atoms with Crippen molar-refractivity contribution in [2.45, 2.75) is 46.1 Å². The lowest BCUT2D eigenvalue weighted by molar-refractivity contribution is 0.337. The molecule has 0 radical (unpaired) electrons. The number of nitrogens with one attached hydrogen (secondary N) is 1. The molecule has 1 N–H and O–H groups in total. The van der Waals surface area contributed by atoms with Crippen molar-refractivity contribution >= 4 is 15.9 Å². The second-order valence-corrected chi connectivity index (χ2v) is 4.88. The van der Waals surface area contributed by atoms with Gasteiger partial charge in [0, 0.05) is 11.6 Å². The fourth-order valence-corrected chi connectivity index (χ4v) is 2.60. The number of halogens is 1. The third kappa shape index (κ3) is 3.36. The van der Waals surface area contributed by atoms with Gasteiger partial charge in [0.15, 0.2) is 4.67 Å². The predicted molar refractivity (Wildman–Crippen MR) is 71.5 cm³/mol. The minimum atomic E-state index is 0.406. The third-order valence-corrected chi connectivity index (χ3v) is 3.76. The Morgan fingerprint density at radius 3 is 2.44 bits per heavy atom. The van der Waals surface area contributed by atoms with Crippen LogP contribution in [-0.2, 0) is 0 Å². The summed E-state index contributed by atoms with van der Waals surface area (Å²) in [4.78, 5) is 0. The molecular weight excluding hydrogens is 266 g/mol. The van der Waals surface area contributed by atoms with Gasteiger partial charge < -0.3 is 9.73 Å². The summed E-state index contributed by atoms with van der Waals surface area (Å²) in [7, 11) is 0. The number of hydrogen-bond acceptors (Lipinski definition) is 2. The standard InChI is InChI=1S/C13H22BrNO/c1-4-8-15-12(10(5-2)6-3)11-7-9-16-13(11)14/h7,9-10,12,15H,4-6,8H2,1-3H3. The quantitative estimate of drug-likeness (QED) is 0.798. The van der Waals surface area contributed by atoms with E-state index in [9.17, 15) is 0 Å². The van der Waals surface area contributed by atoms with Crippen molar-refractivity contribution < 1.29 is 4.42 Å². The molecule has 3 heteroatoms. The smallest absolute Gasteiger partial charge is 0.173 e. The Hall–Kier alpha value is -0.280. The fourth-order valence-electron chi connectivity index (χ4n) is 2.12. The van der Waals surface area contributed by atoms with Crippen LogP contribution in [-0.4, -0.2) is 6.54 Å². The van der Waals surface area contributed by atoms with Gasteiger partial charge in [-0.1, -0.05) is 33.6 Å². The minimum absolute atomic E-state index is 0.406. The maximum Gasteiger partial charge on any atom is 0.173 e. The SMILES string of the molecule is CCCNC(c1ccoc1Br)C(CC)CC. The van der Waals surface area contributed by atoms with Gasteiger partial charge >= 0.3 is 0 Å². The van der Waals surface area contributed by atoms with Crippen LogP contribution in [0.25, 0.3) is 0 Å². The number of furan rings is 1. The molecule has 1 aromatic rings. The van der Waals surface area contributed by atoms with Crippen LogP contribution in [0, 0.1) is 5.92 Å². The highest BCUT2D eigenvalue weighted by Gasteiger charge is 2.23. The van der Waals surface area contributed by atoms with E-state index in [2.05, 4.69) is 48.1 Å². The van der Waals surface area contributed by atoms with E-state index in [4.69, 9.17) is 4.42 Å². The van der Waals surface area contributed by atoms with Gasteiger partial charge in [-0.3, -0.25) is 0 Å². The monoisotopic (exact) mass is 287 g/mol. The zero-order valence-corrected chi connectivity index (χ0v) is 12.0. The molecule has 0 aliphatic rings. The molecule has 0 saturated heterocycles. The number of hydrogen-bond donors (Lipinski definition) is 1. The van der Waals surface area contributed by atoms with Gasteiger partial charge in [-0.15, -0.1) is 0 Å². The van der Waals surface area contributed by atoms with Crippen LogP contribution >= 0.6 is 15.9 Å². The Morgan fingerprint density at radius 1 is 1.31 bits per heavy atom. The molecule has 0 spiro atoms. The highest BCUT2D eigenvalue weighted by molar-refractivity contribution is 9.10. The van der Waals surface area contributed by atoms with Gasteiger partial charge in [0.2, 0.25) is 0 Å². The predicted octanol–water partition coefficient (Wildman–Crippen LogP) is 4.52. The summed E-state index contributed by atoms with van der Waals surface area (Å²) in [5, 5.41) is 3.62. The second kappa shape index (κ2) is 7.13. The van der Waals surface area contributed by atoms with E-state index >= 15 is 0 Å². The lowest BCUT2D eigenvalue weighted by Crippen LogP contribution is -2.28. The van der Waals surface area contributed by atoms with Gasteiger partial charge in [-0.25, -0.2) is 0 Å². The molecule has 0 fully saturated rings. The van der Waals surface area contributed by atoms with Crippen molar-refractivity contribution in [3.05, 3.63) is 22.6 Å². The average molecular weight is 288 g/mol. The lowest BCUT2D eigenvalue weighted by atomic mass is 9.90. The molecule has 1 rings (SSSR count). The topological polar surface area (TPSA) is 25.2 Å². The Labute approximate surface area is 107 Å². The van der Waals surface area contributed by atoms with Crippen LogP contribution in [0.4, 0.5) is 0 Å². The molecule has 0 aliphatic carbocycles. The van der Waals surface area contributed by atoms with Crippen molar-refractivity contribution in [1.29, 1.82) is 0 Å². The van der Waals surface area contributed by atoms with Crippen LogP contribution in [0.15, 0.2) is 21.4 Å². The molecule has 1 unspecified atom stereocenters. The van der Waals surface area contributed by atoms with E-state index in [1.165, 1.54) is 18.4 Å². The van der Waals surface area contributed by atoms with Crippen LogP contribution in [0.5, 0.6) is 0 Å². The molecule has 2 nitrogen and oxygen atoms in total. The van der Waals surface area contributed by atoms with Gasteiger partial charge in [-0.05, 0) is 40.9 Å². The zero-order chi connectivity index (χ0) is 12.0. The minimum Gasteiger partial charge on any atom is -0.457 e. The van der Waals surface area contributed by atoms with E-state index in [1.807, 2.05) is 0 Å². The van der Waals surface area contributed by atoms with E-state index in [0.717, 1.165) is 17.6 Å². The molecule has 0 saturated carbocycles. The van der Waals surface area contributed by atoms with Gasteiger partial charge in [0.25, 0.3) is 0 Å². The first-order chi connectivity index (χ1) is 7.74. The summed E-state index contributed by atoms with van der Waals surface area (Å²) >= 11 is 3.48. The molecular formula is C13H22BrNO. The molecule has 1 aromatic heterocycles. The third-order valence-electron chi connectivity index (χ3n) is 3.12. The number of rotatable bonds is 7.